The van der Waals surface area contributed by atoms with Crippen LogP contribution in [-0.2, 0) is 6.54 Å². The van der Waals surface area contributed by atoms with Gasteiger partial charge in [0.2, 0.25) is 5.88 Å². The maximum absolute atomic E-state index is 12.7. The molecule has 0 amide bonds. The summed E-state index contributed by atoms with van der Waals surface area (Å²) in [4.78, 5) is 29.7. The average molecular weight is 388 g/mol. The first-order valence-corrected chi connectivity index (χ1v) is 8.66. The van der Waals surface area contributed by atoms with Crippen LogP contribution in [0.4, 0.5) is 5.69 Å². The van der Waals surface area contributed by atoms with Crippen LogP contribution in [0.25, 0.3) is 0 Å². The maximum atomic E-state index is 12.7. The average Bonchev–Trinajstić information content (AvgIpc) is 3.13. The first kappa shape index (κ1) is 18.7. The lowest BCUT2D eigenvalue weighted by molar-refractivity contribution is 0.375. The highest BCUT2D eigenvalue weighted by Gasteiger charge is 2.20. The molecule has 2 aromatic heterocycles. The van der Waals surface area contributed by atoms with Crippen LogP contribution in [0.1, 0.15) is 31.2 Å². The van der Waals surface area contributed by atoms with Crippen molar-refractivity contribution in [3.63, 3.8) is 0 Å². The van der Waals surface area contributed by atoms with Gasteiger partial charge < -0.3 is 9.52 Å². The Morgan fingerprint density at radius 1 is 1.22 bits per heavy atom. The van der Waals surface area contributed by atoms with Gasteiger partial charge in [0.15, 0.2) is 0 Å². The van der Waals surface area contributed by atoms with Crippen LogP contribution in [0.5, 0.6) is 5.88 Å². The summed E-state index contributed by atoms with van der Waals surface area (Å²) in [5.74, 6) is 0.0120. The zero-order valence-corrected chi connectivity index (χ0v) is 15.6. The van der Waals surface area contributed by atoms with Gasteiger partial charge >= 0.3 is 5.69 Å². The molecule has 0 aliphatic carbocycles. The van der Waals surface area contributed by atoms with Gasteiger partial charge in [-0.25, -0.2) is 4.79 Å². The summed E-state index contributed by atoms with van der Waals surface area (Å²) in [6.45, 7) is 3.43. The van der Waals surface area contributed by atoms with Crippen molar-refractivity contribution in [1.29, 1.82) is 0 Å². The van der Waals surface area contributed by atoms with Crippen LogP contribution in [0.15, 0.2) is 61.7 Å². The minimum atomic E-state index is -0.618. The number of aliphatic imine (C=N–C) groups is 1. The van der Waals surface area contributed by atoms with Crippen molar-refractivity contribution < 1.29 is 9.52 Å². The molecule has 27 heavy (non-hydrogen) atoms. The highest BCUT2D eigenvalue weighted by Crippen LogP contribution is 2.18. The molecule has 140 valence electrons. The van der Waals surface area contributed by atoms with Gasteiger partial charge in [-0.1, -0.05) is 11.6 Å². The molecule has 7 nitrogen and oxygen atoms in total. The quantitative estimate of drug-likeness (QED) is 0.680. The highest BCUT2D eigenvalue weighted by atomic mass is 35.5. The summed E-state index contributed by atoms with van der Waals surface area (Å²) in [7, 11) is 0. The van der Waals surface area contributed by atoms with Gasteiger partial charge in [0.1, 0.15) is 11.3 Å². The maximum Gasteiger partial charge on any atom is 0.334 e. The number of hydrogen-bond acceptors (Lipinski definition) is 5. The molecule has 0 saturated heterocycles. The molecule has 0 atom stereocenters. The third-order valence-corrected chi connectivity index (χ3v) is 4.21. The summed E-state index contributed by atoms with van der Waals surface area (Å²) in [5.41, 5.74) is -0.753. The second kappa shape index (κ2) is 7.67. The Hall–Kier alpha value is -3.06. The van der Waals surface area contributed by atoms with Gasteiger partial charge in [-0.2, -0.15) is 0 Å². The molecule has 3 aromatic rings. The van der Waals surface area contributed by atoms with Crippen molar-refractivity contribution in [3.05, 3.63) is 79.8 Å². The van der Waals surface area contributed by atoms with Crippen LogP contribution in [0.2, 0.25) is 5.02 Å². The Balaban J connectivity index is 2.14. The van der Waals surface area contributed by atoms with Gasteiger partial charge in [0.25, 0.3) is 5.56 Å². The first-order valence-electron chi connectivity index (χ1n) is 8.28. The number of nitrogens with zero attached hydrogens (tertiary/aromatic N) is 3. The minimum absolute atomic E-state index is 0.00749. The van der Waals surface area contributed by atoms with Gasteiger partial charge in [-0.05, 0) is 50.2 Å². The minimum Gasteiger partial charge on any atom is -0.494 e. The molecule has 0 aliphatic heterocycles. The second-order valence-electron chi connectivity index (χ2n) is 6.19. The normalized spacial score (nSPS) is 11.6. The molecule has 1 aromatic carbocycles. The molecular formula is C19H18ClN3O4. The molecule has 1 N–H and O–H groups in total. The standard InChI is InChI=1S/C19H18ClN3O4/c1-12(2)23-18(25)16(10-21-14-7-5-13(20)6-8-14)17(24)22(19(23)26)11-15-4-3-9-27-15/h3-10,12,24H,11H2,1-2H3. The van der Waals surface area contributed by atoms with E-state index in [9.17, 15) is 14.7 Å². The van der Waals surface area contributed by atoms with E-state index < -0.39 is 23.2 Å². The molecule has 0 fully saturated rings. The number of furan rings is 1. The lowest BCUT2D eigenvalue weighted by Gasteiger charge is -2.15. The summed E-state index contributed by atoms with van der Waals surface area (Å²) in [5, 5.41) is 11.1. The van der Waals surface area contributed by atoms with Crippen molar-refractivity contribution in [2.45, 2.75) is 26.4 Å². The monoisotopic (exact) mass is 387 g/mol. The summed E-state index contributed by atoms with van der Waals surface area (Å²) in [6.07, 6.45) is 2.72. The fraction of sp³-hybridized carbons (Fsp3) is 0.211. The van der Waals surface area contributed by atoms with Crippen LogP contribution in [0.3, 0.4) is 0 Å². The molecule has 0 aliphatic rings. The van der Waals surface area contributed by atoms with E-state index in [-0.39, 0.29) is 12.1 Å². The van der Waals surface area contributed by atoms with E-state index in [1.165, 1.54) is 12.5 Å². The van der Waals surface area contributed by atoms with Crippen molar-refractivity contribution in [2.24, 2.45) is 4.99 Å². The number of halogens is 1. The summed E-state index contributed by atoms with van der Waals surface area (Å²) >= 11 is 5.85. The van der Waals surface area contributed by atoms with Gasteiger partial charge in [0, 0.05) is 17.3 Å². The Morgan fingerprint density at radius 2 is 1.93 bits per heavy atom. The van der Waals surface area contributed by atoms with E-state index in [0.29, 0.717) is 16.5 Å². The van der Waals surface area contributed by atoms with Crippen molar-refractivity contribution in [1.82, 2.24) is 9.13 Å². The fourth-order valence-corrected chi connectivity index (χ4v) is 2.74. The lowest BCUT2D eigenvalue weighted by Crippen LogP contribution is -2.42. The van der Waals surface area contributed by atoms with Crippen molar-refractivity contribution in [3.8, 4) is 5.88 Å². The number of rotatable bonds is 5. The molecular weight excluding hydrogens is 370 g/mol. The molecule has 0 bridgehead atoms. The molecule has 2 heterocycles. The lowest BCUT2D eigenvalue weighted by atomic mass is 10.2. The van der Waals surface area contributed by atoms with E-state index in [1.54, 1.807) is 50.2 Å². The Labute approximate surface area is 159 Å². The van der Waals surface area contributed by atoms with E-state index >= 15 is 0 Å². The van der Waals surface area contributed by atoms with Crippen LogP contribution in [-0.4, -0.2) is 20.5 Å². The SMILES string of the molecule is CC(C)n1c(=O)c(C=Nc2ccc(Cl)cc2)c(O)n(Cc2ccco2)c1=O. The smallest absolute Gasteiger partial charge is 0.334 e. The predicted molar refractivity (Wildman–Crippen MR) is 104 cm³/mol. The number of aromatic nitrogens is 2. The summed E-state index contributed by atoms with van der Waals surface area (Å²) < 4.78 is 7.42. The largest absolute Gasteiger partial charge is 0.494 e. The van der Waals surface area contributed by atoms with Crippen molar-refractivity contribution in [2.75, 3.05) is 0 Å². The molecule has 0 unspecified atom stereocenters. The molecule has 3 rings (SSSR count). The predicted octanol–water partition coefficient (Wildman–Crippen LogP) is 3.34. The Kier molecular flexibility index (Phi) is 5.32. The van der Waals surface area contributed by atoms with Crippen LogP contribution in [0, 0.1) is 0 Å². The highest BCUT2D eigenvalue weighted by molar-refractivity contribution is 6.30. The first-order chi connectivity index (χ1) is 12.9. The number of benzene rings is 1. The van der Waals surface area contributed by atoms with Crippen LogP contribution >= 0.6 is 11.6 Å². The Bertz CT molecular complexity index is 1080. The second-order valence-corrected chi connectivity index (χ2v) is 6.63. The third-order valence-electron chi connectivity index (χ3n) is 3.96. The molecule has 8 heteroatoms. The number of aromatic hydroxyl groups is 1. The van der Waals surface area contributed by atoms with E-state index in [4.69, 9.17) is 16.0 Å². The third kappa shape index (κ3) is 3.88. The van der Waals surface area contributed by atoms with E-state index in [1.807, 2.05) is 0 Å². The molecule has 0 radical (unpaired) electrons. The van der Waals surface area contributed by atoms with Crippen LogP contribution < -0.4 is 11.2 Å². The van der Waals surface area contributed by atoms with E-state index in [2.05, 4.69) is 4.99 Å². The Morgan fingerprint density at radius 3 is 2.52 bits per heavy atom. The molecule has 0 saturated carbocycles. The van der Waals surface area contributed by atoms with Crippen molar-refractivity contribution >= 4 is 23.5 Å². The topological polar surface area (TPSA) is 89.7 Å². The van der Waals surface area contributed by atoms with Gasteiger partial charge in [0.05, 0.1) is 18.5 Å². The zero-order chi connectivity index (χ0) is 19.6. The van der Waals surface area contributed by atoms with E-state index in [0.717, 1.165) is 9.13 Å². The van der Waals surface area contributed by atoms with Gasteiger partial charge in [-0.3, -0.25) is 18.9 Å². The fourth-order valence-electron chi connectivity index (χ4n) is 2.61. The zero-order valence-electron chi connectivity index (χ0n) is 14.8. The van der Waals surface area contributed by atoms with Gasteiger partial charge in [-0.15, -0.1) is 0 Å². The molecule has 0 spiro atoms. The summed E-state index contributed by atoms with van der Waals surface area (Å²) in [6, 6.07) is 9.65. The number of hydrogen-bond donors (Lipinski definition) is 1.